The van der Waals surface area contributed by atoms with E-state index < -0.39 is 45.3 Å². The Balaban J connectivity index is 1.81. The lowest BCUT2D eigenvalue weighted by Crippen LogP contribution is -2.34. The molecule has 0 aromatic heterocycles. The molecule has 0 bridgehead atoms. The van der Waals surface area contributed by atoms with Gasteiger partial charge < -0.3 is 9.84 Å². The fraction of sp³-hybridized carbons (Fsp3) is 0.375. The molecule has 9 heteroatoms. The van der Waals surface area contributed by atoms with E-state index in [9.17, 15) is 31.5 Å². The first-order valence-electron chi connectivity index (χ1n) is 10.3. The molecular weight excluding hydrogens is 457 g/mol. The Bertz CT molecular complexity index is 1190. The van der Waals surface area contributed by atoms with E-state index in [1.165, 1.54) is 0 Å². The van der Waals surface area contributed by atoms with Gasteiger partial charge in [0.15, 0.2) is 9.84 Å². The smallest absolute Gasteiger partial charge is 0.416 e. The molecule has 2 aromatic carbocycles. The summed E-state index contributed by atoms with van der Waals surface area (Å²) in [4.78, 5) is 12.5. The summed E-state index contributed by atoms with van der Waals surface area (Å²) in [6.45, 7) is 7.13. The van der Waals surface area contributed by atoms with Gasteiger partial charge in [0.1, 0.15) is 17.4 Å². The number of ether oxygens (including phenoxy) is 1. The molecule has 1 aliphatic rings. The second kappa shape index (κ2) is 8.85. The van der Waals surface area contributed by atoms with E-state index in [0.29, 0.717) is 17.7 Å². The molecule has 3 rings (SSSR count). The molecule has 5 nitrogen and oxygen atoms in total. The highest BCUT2D eigenvalue weighted by Crippen LogP contribution is 2.35. The van der Waals surface area contributed by atoms with Gasteiger partial charge in [-0.25, -0.2) is 13.2 Å². The Labute approximate surface area is 190 Å². The third-order valence-corrected chi connectivity index (χ3v) is 7.69. The molecule has 0 radical (unpaired) electrons. The van der Waals surface area contributed by atoms with Crippen LogP contribution in [0.2, 0.25) is 0 Å². The molecule has 0 saturated heterocycles. The Morgan fingerprint density at radius 1 is 1.09 bits per heavy atom. The Kier molecular flexibility index (Phi) is 6.66. The zero-order valence-electron chi connectivity index (χ0n) is 18.7. The van der Waals surface area contributed by atoms with Crippen molar-refractivity contribution in [1.29, 1.82) is 0 Å². The van der Waals surface area contributed by atoms with Crippen LogP contribution in [0.5, 0.6) is 0 Å². The van der Waals surface area contributed by atoms with Crippen LogP contribution in [-0.2, 0) is 25.5 Å². The van der Waals surface area contributed by atoms with Crippen molar-refractivity contribution >= 4 is 21.4 Å². The summed E-state index contributed by atoms with van der Waals surface area (Å²) in [6.07, 6.45) is -5.52. The van der Waals surface area contributed by atoms with Gasteiger partial charge in [-0.1, -0.05) is 24.6 Å². The third-order valence-electron chi connectivity index (χ3n) is 5.73. The van der Waals surface area contributed by atoms with E-state index in [2.05, 4.69) is 0 Å². The number of benzene rings is 2. The minimum Gasteiger partial charge on any atom is -0.511 e. The maximum atomic E-state index is 12.8. The predicted octanol–water partition coefficient (Wildman–Crippen LogP) is 5.33. The molecule has 0 aliphatic carbocycles. The number of rotatable bonds is 5. The second-order valence-electron chi connectivity index (χ2n) is 8.52. The average molecular weight is 483 g/mol. The summed E-state index contributed by atoms with van der Waals surface area (Å²) >= 11 is 0. The zero-order valence-corrected chi connectivity index (χ0v) is 19.5. The monoisotopic (exact) mass is 482 g/mol. The van der Waals surface area contributed by atoms with Crippen LogP contribution in [-0.4, -0.2) is 31.4 Å². The van der Waals surface area contributed by atoms with Crippen molar-refractivity contribution in [2.75, 3.05) is 5.75 Å². The molecule has 2 aromatic rings. The van der Waals surface area contributed by atoms with Gasteiger partial charge in [0, 0.05) is 12.3 Å². The highest BCUT2D eigenvalue weighted by Gasteiger charge is 2.36. The lowest BCUT2D eigenvalue weighted by Gasteiger charge is -2.29. The maximum Gasteiger partial charge on any atom is 0.416 e. The molecule has 0 saturated carbocycles. The number of carbonyl (C=O) groups excluding carboxylic acids is 1. The summed E-state index contributed by atoms with van der Waals surface area (Å²) in [5, 5.41) is 10.7. The molecule has 178 valence electrons. The number of aliphatic hydroxyl groups is 1. The van der Waals surface area contributed by atoms with Crippen molar-refractivity contribution in [2.45, 2.75) is 51.3 Å². The molecule has 2 atom stereocenters. The van der Waals surface area contributed by atoms with Crippen LogP contribution < -0.4 is 0 Å². The summed E-state index contributed by atoms with van der Waals surface area (Å²) in [5.74, 6) is -2.07. The van der Waals surface area contributed by atoms with Crippen molar-refractivity contribution in [1.82, 2.24) is 0 Å². The average Bonchev–Trinajstić information content (AvgIpc) is 2.68. The quantitative estimate of drug-likeness (QED) is 0.583. The largest absolute Gasteiger partial charge is 0.511 e. The number of cyclic esters (lactones) is 1. The molecule has 1 N–H and O–H groups in total. The molecular formula is C24H25F3O5S. The molecule has 1 heterocycles. The molecule has 0 fully saturated rings. The van der Waals surface area contributed by atoms with E-state index in [4.69, 9.17) is 4.74 Å². The zero-order chi connectivity index (χ0) is 24.7. The Morgan fingerprint density at radius 3 is 2.12 bits per heavy atom. The first kappa shape index (κ1) is 24.8. The number of sulfone groups is 1. The number of alkyl halides is 3. The number of halogens is 3. The number of carbonyl (C=O) groups is 1. The van der Waals surface area contributed by atoms with Gasteiger partial charge in [-0.2, -0.15) is 13.2 Å². The van der Waals surface area contributed by atoms with Crippen molar-refractivity contribution < 1.29 is 36.2 Å². The second-order valence-corrected chi connectivity index (χ2v) is 10.6. The normalized spacial score (nSPS) is 18.3. The molecule has 2 unspecified atom stereocenters. The standard InChI is InChI=1S/C24H25F3O5S/c1-13-9-14(2)21(15(3)10-13)22-19(28)11-20(32-23(22)29)16(4)12-33(30,31)18-7-5-17(6-8-18)24(25,26)27/h5-10,16,20,28H,11-12H2,1-4H3. The van der Waals surface area contributed by atoms with Crippen LogP contribution in [0.1, 0.15) is 41.2 Å². The summed E-state index contributed by atoms with van der Waals surface area (Å²) in [7, 11) is -3.95. The molecule has 1 aliphatic heterocycles. The van der Waals surface area contributed by atoms with E-state index >= 15 is 0 Å². The van der Waals surface area contributed by atoms with E-state index in [0.717, 1.165) is 28.8 Å². The molecule has 0 spiro atoms. The molecule has 33 heavy (non-hydrogen) atoms. The van der Waals surface area contributed by atoms with Gasteiger partial charge in [-0.15, -0.1) is 0 Å². The number of hydrogen-bond donors (Lipinski definition) is 1. The first-order valence-corrected chi connectivity index (χ1v) is 12.0. The van der Waals surface area contributed by atoms with Gasteiger partial charge in [0.25, 0.3) is 0 Å². The van der Waals surface area contributed by atoms with E-state index in [-0.39, 0.29) is 22.6 Å². The minimum absolute atomic E-state index is 0.0580. The number of aryl methyl sites for hydroxylation is 3. The fourth-order valence-electron chi connectivity index (χ4n) is 4.19. The fourth-order valence-corrected chi connectivity index (χ4v) is 5.84. The Morgan fingerprint density at radius 2 is 1.64 bits per heavy atom. The van der Waals surface area contributed by atoms with Crippen molar-refractivity contribution in [3.05, 3.63) is 70.0 Å². The minimum atomic E-state index is -4.57. The molecule has 0 amide bonds. The summed E-state index contributed by atoms with van der Waals surface area (Å²) in [6, 6.07) is 7.03. The Hall–Kier alpha value is -2.81. The van der Waals surface area contributed by atoms with Crippen LogP contribution in [0.3, 0.4) is 0 Å². The van der Waals surface area contributed by atoms with Crippen molar-refractivity contribution in [3.8, 4) is 0 Å². The highest BCUT2D eigenvalue weighted by molar-refractivity contribution is 7.91. The maximum absolute atomic E-state index is 12.8. The lowest BCUT2D eigenvalue weighted by molar-refractivity contribution is -0.145. The van der Waals surface area contributed by atoms with Crippen LogP contribution >= 0.6 is 0 Å². The first-order chi connectivity index (χ1) is 15.2. The van der Waals surface area contributed by atoms with Gasteiger partial charge in [0.05, 0.1) is 16.2 Å². The SMILES string of the molecule is Cc1cc(C)c(C2=C(O)CC(C(C)CS(=O)(=O)c3ccc(C(F)(F)F)cc3)OC2=O)c(C)c1. The van der Waals surface area contributed by atoms with Gasteiger partial charge in [0.2, 0.25) is 0 Å². The van der Waals surface area contributed by atoms with Crippen molar-refractivity contribution in [2.24, 2.45) is 5.92 Å². The van der Waals surface area contributed by atoms with Gasteiger partial charge >= 0.3 is 12.1 Å². The summed E-state index contributed by atoms with van der Waals surface area (Å²) in [5.41, 5.74) is 2.34. The van der Waals surface area contributed by atoms with E-state index in [1.54, 1.807) is 6.92 Å². The van der Waals surface area contributed by atoms with Crippen LogP contribution in [0, 0.1) is 26.7 Å². The van der Waals surface area contributed by atoms with Crippen LogP contribution in [0.25, 0.3) is 5.57 Å². The van der Waals surface area contributed by atoms with Gasteiger partial charge in [-0.3, -0.25) is 0 Å². The highest BCUT2D eigenvalue weighted by atomic mass is 32.2. The lowest BCUT2D eigenvalue weighted by atomic mass is 9.89. The number of hydrogen-bond acceptors (Lipinski definition) is 5. The van der Waals surface area contributed by atoms with Gasteiger partial charge in [-0.05, 0) is 61.7 Å². The predicted molar refractivity (Wildman–Crippen MR) is 117 cm³/mol. The van der Waals surface area contributed by atoms with Crippen LogP contribution in [0.15, 0.2) is 47.1 Å². The number of aliphatic hydroxyl groups excluding tert-OH is 1. The van der Waals surface area contributed by atoms with E-state index in [1.807, 2.05) is 32.9 Å². The third kappa shape index (κ3) is 5.24. The topological polar surface area (TPSA) is 80.7 Å². The summed E-state index contributed by atoms with van der Waals surface area (Å²) < 4.78 is 69.2. The van der Waals surface area contributed by atoms with Crippen molar-refractivity contribution in [3.63, 3.8) is 0 Å². The van der Waals surface area contributed by atoms with Crippen LogP contribution in [0.4, 0.5) is 13.2 Å². The number of esters is 1.